The van der Waals surface area contributed by atoms with Crippen LogP contribution in [0.25, 0.3) is 0 Å². The maximum absolute atomic E-state index is 12.5. The number of aliphatic hydroxyl groups is 1. The molecular weight excluding hydrogens is 352 g/mol. The van der Waals surface area contributed by atoms with Gasteiger partial charge in [0.2, 0.25) is 11.5 Å². The van der Waals surface area contributed by atoms with Crippen molar-refractivity contribution in [3.05, 3.63) is 46.5 Å². The fourth-order valence-corrected chi connectivity index (χ4v) is 3.55. The van der Waals surface area contributed by atoms with Crippen LogP contribution in [0.3, 0.4) is 0 Å². The van der Waals surface area contributed by atoms with Crippen LogP contribution < -0.4 is 0 Å². The molecule has 1 rings (SSSR count). The van der Waals surface area contributed by atoms with Gasteiger partial charge in [-0.25, -0.2) is 0 Å². The first-order valence-electron chi connectivity index (χ1n) is 10.2. The summed E-state index contributed by atoms with van der Waals surface area (Å²) >= 11 is 0. The van der Waals surface area contributed by atoms with Gasteiger partial charge in [-0.3, -0.25) is 4.79 Å². The van der Waals surface area contributed by atoms with Crippen molar-refractivity contribution in [1.82, 2.24) is 0 Å². The van der Waals surface area contributed by atoms with E-state index in [1.165, 1.54) is 30.9 Å². The van der Waals surface area contributed by atoms with Gasteiger partial charge in [-0.05, 0) is 59.8 Å². The van der Waals surface area contributed by atoms with Crippen LogP contribution in [0.5, 0.6) is 0 Å². The second-order valence-electron chi connectivity index (χ2n) is 8.06. The van der Waals surface area contributed by atoms with E-state index in [1.807, 2.05) is 6.92 Å². The maximum Gasteiger partial charge on any atom is 0.204 e. The largest absolute Gasteiger partial charge is 0.494 e. The number of Topliss-reactive ketones (excluding diaryl/α,β-unsaturated/α-hetero) is 1. The molecule has 0 aromatic rings. The number of rotatable bonds is 10. The van der Waals surface area contributed by atoms with Crippen molar-refractivity contribution in [1.29, 1.82) is 0 Å². The zero-order valence-electron chi connectivity index (χ0n) is 18.7. The van der Waals surface area contributed by atoms with Gasteiger partial charge >= 0.3 is 0 Å². The monoisotopic (exact) mass is 390 g/mol. The Hall–Kier alpha value is -1.81. The summed E-state index contributed by atoms with van der Waals surface area (Å²) in [5.41, 5.74) is 4.07. The first kappa shape index (κ1) is 24.2. The number of aliphatic hydroxyl groups excluding tert-OH is 1. The SMILES string of the molecule is COC1=C(OC)C(O)C(CC=C(C)CCC=C(C)CCC=C(C)C)C(C)C1=O. The van der Waals surface area contributed by atoms with Crippen LogP contribution in [0.15, 0.2) is 46.5 Å². The highest BCUT2D eigenvalue weighted by molar-refractivity contribution is 5.97. The molecule has 0 bridgehead atoms. The number of hydrogen-bond acceptors (Lipinski definition) is 4. The van der Waals surface area contributed by atoms with Crippen LogP contribution in [-0.2, 0) is 14.3 Å². The van der Waals surface area contributed by atoms with Gasteiger partial charge in [0.1, 0.15) is 6.10 Å². The van der Waals surface area contributed by atoms with Crippen molar-refractivity contribution in [2.75, 3.05) is 14.2 Å². The molecule has 0 fully saturated rings. The molecule has 0 heterocycles. The van der Waals surface area contributed by atoms with Crippen LogP contribution in [0.2, 0.25) is 0 Å². The summed E-state index contributed by atoms with van der Waals surface area (Å²) in [6, 6.07) is 0. The number of ether oxygens (including phenoxy) is 2. The highest BCUT2D eigenvalue weighted by atomic mass is 16.5. The van der Waals surface area contributed by atoms with Crippen LogP contribution in [0.4, 0.5) is 0 Å². The second kappa shape index (κ2) is 11.9. The average Bonchev–Trinajstić information content (AvgIpc) is 2.64. The minimum Gasteiger partial charge on any atom is -0.494 e. The molecule has 0 amide bonds. The normalized spacial score (nSPS) is 23.7. The molecule has 1 N–H and O–H groups in total. The van der Waals surface area contributed by atoms with Crippen LogP contribution >= 0.6 is 0 Å². The molecule has 4 heteroatoms. The van der Waals surface area contributed by atoms with Crippen molar-refractivity contribution in [3.8, 4) is 0 Å². The number of carbonyl (C=O) groups excluding carboxylic acids is 1. The Morgan fingerprint density at radius 1 is 0.964 bits per heavy atom. The van der Waals surface area contributed by atoms with Crippen molar-refractivity contribution in [2.45, 2.75) is 72.8 Å². The predicted molar refractivity (Wildman–Crippen MR) is 115 cm³/mol. The highest BCUT2D eigenvalue weighted by Gasteiger charge is 2.42. The average molecular weight is 391 g/mol. The highest BCUT2D eigenvalue weighted by Crippen LogP contribution is 2.35. The fraction of sp³-hybridized carbons (Fsp3) is 0.625. The molecule has 4 nitrogen and oxygen atoms in total. The van der Waals surface area contributed by atoms with Gasteiger partial charge in [0, 0.05) is 11.8 Å². The molecule has 0 aromatic heterocycles. The molecule has 158 valence electrons. The molecule has 1 aliphatic carbocycles. The Bertz CT molecular complexity index is 648. The number of methoxy groups -OCH3 is 2. The van der Waals surface area contributed by atoms with Gasteiger partial charge in [0.25, 0.3) is 0 Å². The van der Waals surface area contributed by atoms with E-state index < -0.39 is 6.10 Å². The Morgan fingerprint density at radius 3 is 2.07 bits per heavy atom. The smallest absolute Gasteiger partial charge is 0.204 e. The third kappa shape index (κ3) is 6.97. The van der Waals surface area contributed by atoms with Crippen LogP contribution in [0.1, 0.15) is 66.7 Å². The molecule has 1 aliphatic rings. The molecule has 28 heavy (non-hydrogen) atoms. The minimum absolute atomic E-state index is 0.101. The third-order valence-electron chi connectivity index (χ3n) is 5.46. The van der Waals surface area contributed by atoms with Gasteiger partial charge in [0.15, 0.2) is 5.76 Å². The molecule has 0 saturated heterocycles. The summed E-state index contributed by atoms with van der Waals surface area (Å²) in [5, 5.41) is 10.6. The Labute approximate surface area is 171 Å². The van der Waals surface area contributed by atoms with Crippen LogP contribution in [0, 0.1) is 11.8 Å². The second-order valence-corrected chi connectivity index (χ2v) is 8.06. The van der Waals surface area contributed by atoms with Crippen molar-refractivity contribution in [3.63, 3.8) is 0 Å². The molecule has 0 spiro atoms. The minimum atomic E-state index is -0.825. The first-order valence-corrected chi connectivity index (χ1v) is 10.2. The molecular formula is C24H38O4. The van der Waals surface area contributed by atoms with E-state index in [1.54, 1.807) is 0 Å². The summed E-state index contributed by atoms with van der Waals surface area (Å²) in [4.78, 5) is 12.5. The van der Waals surface area contributed by atoms with E-state index in [2.05, 4.69) is 45.9 Å². The van der Waals surface area contributed by atoms with Gasteiger partial charge in [-0.15, -0.1) is 0 Å². The summed E-state index contributed by atoms with van der Waals surface area (Å²) < 4.78 is 10.4. The Balaban J connectivity index is 2.64. The summed E-state index contributed by atoms with van der Waals surface area (Å²) in [7, 11) is 2.90. The van der Waals surface area contributed by atoms with Gasteiger partial charge in [-0.2, -0.15) is 0 Å². The van der Waals surface area contributed by atoms with Gasteiger partial charge in [-0.1, -0.05) is 41.9 Å². The quantitative estimate of drug-likeness (QED) is 0.501. The van der Waals surface area contributed by atoms with E-state index in [9.17, 15) is 9.90 Å². The zero-order valence-corrected chi connectivity index (χ0v) is 18.7. The molecule has 0 saturated carbocycles. The number of hydrogen-bond donors (Lipinski definition) is 1. The lowest BCUT2D eigenvalue weighted by Gasteiger charge is -2.33. The molecule has 0 aliphatic heterocycles. The summed E-state index contributed by atoms with van der Waals surface area (Å²) in [5.74, 6) is -0.205. The van der Waals surface area contributed by atoms with Crippen molar-refractivity contribution < 1.29 is 19.4 Å². The van der Waals surface area contributed by atoms with Crippen LogP contribution in [-0.4, -0.2) is 31.2 Å². The first-order chi connectivity index (χ1) is 13.2. The van der Waals surface area contributed by atoms with E-state index in [0.29, 0.717) is 6.42 Å². The summed E-state index contributed by atoms with van der Waals surface area (Å²) in [6.45, 7) is 10.4. The zero-order chi connectivity index (χ0) is 21.3. The van der Waals surface area contributed by atoms with Crippen molar-refractivity contribution >= 4 is 5.78 Å². The van der Waals surface area contributed by atoms with E-state index in [0.717, 1.165) is 25.7 Å². The Kier molecular flexibility index (Phi) is 10.3. The van der Waals surface area contributed by atoms with E-state index in [4.69, 9.17) is 9.47 Å². The summed E-state index contributed by atoms with van der Waals surface area (Å²) in [6.07, 6.45) is 10.8. The number of ketones is 1. The van der Waals surface area contributed by atoms with Crippen molar-refractivity contribution in [2.24, 2.45) is 11.8 Å². The molecule has 0 radical (unpaired) electrons. The van der Waals surface area contributed by atoms with Gasteiger partial charge in [0.05, 0.1) is 14.2 Å². The maximum atomic E-state index is 12.5. The fourth-order valence-electron chi connectivity index (χ4n) is 3.55. The lowest BCUT2D eigenvalue weighted by molar-refractivity contribution is -0.128. The number of allylic oxidation sites excluding steroid dienone is 7. The molecule has 0 aromatic carbocycles. The predicted octanol–water partition coefficient (Wildman–Crippen LogP) is 5.50. The molecule has 3 atom stereocenters. The third-order valence-corrected chi connectivity index (χ3v) is 5.46. The Morgan fingerprint density at radius 2 is 1.54 bits per heavy atom. The standard InChI is InChI=1S/C24H38O4/c1-16(2)10-8-11-17(3)12-9-13-18(4)14-15-20-19(5)21(25)23(27-6)24(28-7)22(20)26/h10,12,14,19-20,22,26H,8-9,11,13,15H2,1-7H3. The van der Waals surface area contributed by atoms with Gasteiger partial charge < -0.3 is 14.6 Å². The molecule has 3 unspecified atom stereocenters. The lowest BCUT2D eigenvalue weighted by Crippen LogP contribution is -2.40. The number of carbonyl (C=O) groups is 1. The lowest BCUT2D eigenvalue weighted by atomic mass is 9.77. The topological polar surface area (TPSA) is 55.8 Å². The van der Waals surface area contributed by atoms with E-state index in [-0.39, 0.29) is 29.1 Å². The van der Waals surface area contributed by atoms with E-state index >= 15 is 0 Å².